The highest BCUT2D eigenvalue weighted by Crippen LogP contribution is 2.19. The highest BCUT2D eigenvalue weighted by Gasteiger charge is 1.99. The van der Waals surface area contributed by atoms with Gasteiger partial charge in [0.1, 0.15) is 5.82 Å². The van der Waals surface area contributed by atoms with Crippen LogP contribution in [0.2, 0.25) is 0 Å². The van der Waals surface area contributed by atoms with Crippen LogP contribution in [0.5, 0.6) is 0 Å². The lowest BCUT2D eigenvalue weighted by atomic mass is 10.0. The third-order valence-electron chi connectivity index (χ3n) is 3.12. The van der Waals surface area contributed by atoms with Crippen LogP contribution in [-0.4, -0.2) is 0 Å². The molecule has 18 heavy (non-hydrogen) atoms. The van der Waals surface area contributed by atoms with E-state index in [0.29, 0.717) is 0 Å². The first-order valence-corrected chi connectivity index (χ1v) is 6.03. The molecule has 0 bridgehead atoms. The van der Waals surface area contributed by atoms with Crippen molar-refractivity contribution in [2.75, 3.05) is 0 Å². The number of benzene rings is 3. The molecule has 1 heteroatoms. The molecule has 3 aromatic rings. The lowest BCUT2D eigenvalue weighted by Gasteiger charge is -2.04. The molecule has 0 nitrogen and oxygen atoms in total. The minimum Gasteiger partial charge on any atom is -0.207 e. The van der Waals surface area contributed by atoms with Crippen LogP contribution in [0.25, 0.3) is 10.8 Å². The molecule has 0 saturated carbocycles. The van der Waals surface area contributed by atoms with Gasteiger partial charge in [0, 0.05) is 0 Å². The maximum absolute atomic E-state index is 13.2. The Balaban J connectivity index is 1.98. The Morgan fingerprint density at radius 1 is 0.667 bits per heavy atom. The Kier molecular flexibility index (Phi) is 2.81. The molecule has 0 aliphatic rings. The summed E-state index contributed by atoms with van der Waals surface area (Å²) in [6, 6.07) is 21.4. The molecule has 88 valence electrons. The number of hydrogen-bond acceptors (Lipinski definition) is 0. The van der Waals surface area contributed by atoms with Crippen LogP contribution < -0.4 is 0 Å². The summed E-state index contributed by atoms with van der Waals surface area (Å²) in [5, 5.41) is 2.04. The van der Waals surface area contributed by atoms with Crippen molar-refractivity contribution in [3.8, 4) is 0 Å². The van der Waals surface area contributed by atoms with Crippen molar-refractivity contribution in [3.63, 3.8) is 0 Å². The number of halogens is 1. The molecule has 3 aromatic carbocycles. The van der Waals surface area contributed by atoms with E-state index in [0.717, 1.165) is 17.2 Å². The van der Waals surface area contributed by atoms with Crippen molar-refractivity contribution in [1.29, 1.82) is 0 Å². The fourth-order valence-corrected chi connectivity index (χ4v) is 2.21. The maximum atomic E-state index is 13.2. The summed E-state index contributed by atoms with van der Waals surface area (Å²) in [7, 11) is 0. The van der Waals surface area contributed by atoms with E-state index in [9.17, 15) is 4.39 Å². The van der Waals surface area contributed by atoms with Crippen molar-refractivity contribution in [1.82, 2.24) is 0 Å². The van der Waals surface area contributed by atoms with Crippen molar-refractivity contribution >= 4 is 10.8 Å². The van der Waals surface area contributed by atoms with Gasteiger partial charge in [0.25, 0.3) is 0 Å². The molecule has 0 aromatic heterocycles. The van der Waals surface area contributed by atoms with E-state index < -0.39 is 0 Å². The monoisotopic (exact) mass is 236 g/mol. The summed E-state index contributed by atoms with van der Waals surface area (Å²) in [5.41, 5.74) is 2.48. The third-order valence-corrected chi connectivity index (χ3v) is 3.12. The van der Waals surface area contributed by atoms with Gasteiger partial charge in [-0.25, -0.2) is 4.39 Å². The third kappa shape index (κ3) is 2.25. The lowest BCUT2D eigenvalue weighted by molar-refractivity contribution is 0.630. The molecule has 0 unspecified atom stereocenters. The molecular formula is C17H13F. The number of rotatable bonds is 2. The van der Waals surface area contributed by atoms with Crippen molar-refractivity contribution in [2.45, 2.75) is 6.42 Å². The Bertz CT molecular complexity index is 672. The predicted molar refractivity (Wildman–Crippen MR) is 73.2 cm³/mol. The summed E-state index contributed by atoms with van der Waals surface area (Å²) < 4.78 is 13.2. The maximum Gasteiger partial charge on any atom is 0.123 e. The topological polar surface area (TPSA) is 0 Å². The van der Waals surface area contributed by atoms with E-state index in [1.54, 1.807) is 6.07 Å². The summed E-state index contributed by atoms with van der Waals surface area (Å²) in [6.07, 6.45) is 0.882. The first-order valence-electron chi connectivity index (χ1n) is 6.03. The summed E-state index contributed by atoms with van der Waals surface area (Å²) in [4.78, 5) is 0. The molecule has 0 N–H and O–H groups in total. The van der Waals surface area contributed by atoms with Gasteiger partial charge in [-0.05, 0) is 40.5 Å². The van der Waals surface area contributed by atoms with E-state index in [1.807, 2.05) is 30.3 Å². The molecule has 0 aliphatic carbocycles. The summed E-state index contributed by atoms with van der Waals surface area (Å²) in [6.45, 7) is 0. The Labute approximate surface area is 106 Å². The molecule has 3 rings (SSSR count). The lowest BCUT2D eigenvalue weighted by Crippen LogP contribution is -1.88. The minimum absolute atomic E-state index is 0.181. The fraction of sp³-hybridized carbons (Fsp3) is 0.0588. The molecule has 0 aliphatic heterocycles. The molecule has 0 fully saturated rings. The molecule has 0 amide bonds. The van der Waals surface area contributed by atoms with E-state index in [-0.39, 0.29) is 5.82 Å². The Morgan fingerprint density at radius 3 is 2.28 bits per heavy atom. The van der Waals surface area contributed by atoms with Crippen molar-refractivity contribution in [2.24, 2.45) is 0 Å². The second-order valence-electron chi connectivity index (χ2n) is 4.49. The quantitative estimate of drug-likeness (QED) is 0.611. The second kappa shape index (κ2) is 4.61. The SMILES string of the molecule is Fc1ccc2ccc(Cc3ccccc3)cc2c1. The van der Waals surface area contributed by atoms with Gasteiger partial charge < -0.3 is 0 Å². The Hall–Kier alpha value is -2.15. The average molecular weight is 236 g/mol. The zero-order chi connectivity index (χ0) is 12.4. The van der Waals surface area contributed by atoms with Crippen molar-refractivity contribution < 1.29 is 4.39 Å². The van der Waals surface area contributed by atoms with Gasteiger partial charge in [-0.3, -0.25) is 0 Å². The highest BCUT2D eigenvalue weighted by molar-refractivity contribution is 5.83. The van der Waals surface area contributed by atoms with Gasteiger partial charge in [-0.15, -0.1) is 0 Å². The van der Waals surface area contributed by atoms with E-state index >= 15 is 0 Å². The highest BCUT2D eigenvalue weighted by atomic mass is 19.1. The van der Waals surface area contributed by atoms with Crippen molar-refractivity contribution in [3.05, 3.63) is 83.7 Å². The van der Waals surface area contributed by atoms with Crippen LogP contribution in [0.15, 0.2) is 66.7 Å². The molecular weight excluding hydrogens is 223 g/mol. The van der Waals surface area contributed by atoms with Crippen LogP contribution in [0.1, 0.15) is 11.1 Å². The standard InChI is InChI=1S/C17H13F/c18-17-9-8-15-7-6-14(11-16(15)12-17)10-13-4-2-1-3-5-13/h1-9,11-12H,10H2. The largest absolute Gasteiger partial charge is 0.207 e. The normalized spacial score (nSPS) is 10.7. The molecule has 0 heterocycles. The van der Waals surface area contributed by atoms with Gasteiger partial charge in [0.05, 0.1) is 0 Å². The number of hydrogen-bond donors (Lipinski definition) is 0. The van der Waals surface area contributed by atoms with Gasteiger partial charge >= 0.3 is 0 Å². The van der Waals surface area contributed by atoms with Crippen LogP contribution in [0, 0.1) is 5.82 Å². The molecule has 0 radical (unpaired) electrons. The smallest absolute Gasteiger partial charge is 0.123 e. The first kappa shape index (κ1) is 11.0. The predicted octanol–water partition coefficient (Wildman–Crippen LogP) is 4.57. The molecule has 0 spiro atoms. The van der Waals surface area contributed by atoms with Crippen LogP contribution in [-0.2, 0) is 6.42 Å². The van der Waals surface area contributed by atoms with Gasteiger partial charge in [-0.1, -0.05) is 54.6 Å². The van der Waals surface area contributed by atoms with E-state index in [4.69, 9.17) is 0 Å². The zero-order valence-electron chi connectivity index (χ0n) is 9.94. The van der Waals surface area contributed by atoms with Crippen LogP contribution in [0.3, 0.4) is 0 Å². The van der Waals surface area contributed by atoms with Gasteiger partial charge in [-0.2, -0.15) is 0 Å². The summed E-state index contributed by atoms with van der Waals surface area (Å²) >= 11 is 0. The van der Waals surface area contributed by atoms with E-state index in [1.165, 1.54) is 17.2 Å². The number of fused-ring (bicyclic) bond motifs is 1. The van der Waals surface area contributed by atoms with Gasteiger partial charge in [0.2, 0.25) is 0 Å². The summed E-state index contributed by atoms with van der Waals surface area (Å²) in [5.74, 6) is -0.181. The first-order chi connectivity index (χ1) is 8.81. The van der Waals surface area contributed by atoms with Gasteiger partial charge in [0.15, 0.2) is 0 Å². The fourth-order valence-electron chi connectivity index (χ4n) is 2.21. The van der Waals surface area contributed by atoms with Crippen LogP contribution in [0.4, 0.5) is 4.39 Å². The molecule has 0 saturated heterocycles. The Morgan fingerprint density at radius 2 is 1.44 bits per heavy atom. The molecule has 0 atom stereocenters. The second-order valence-corrected chi connectivity index (χ2v) is 4.49. The average Bonchev–Trinajstić information content (AvgIpc) is 2.39. The van der Waals surface area contributed by atoms with Crippen LogP contribution >= 0.6 is 0 Å². The minimum atomic E-state index is -0.181. The zero-order valence-corrected chi connectivity index (χ0v) is 9.94. The van der Waals surface area contributed by atoms with E-state index in [2.05, 4.69) is 24.3 Å².